The lowest BCUT2D eigenvalue weighted by atomic mass is 10.2. The van der Waals surface area contributed by atoms with Crippen molar-refractivity contribution in [3.63, 3.8) is 0 Å². The molecule has 10 heteroatoms. The molecule has 1 fully saturated rings. The number of fused-ring (bicyclic) bond motifs is 2. The molecule has 2 aromatic rings. The summed E-state index contributed by atoms with van der Waals surface area (Å²) in [6.45, 7) is 1.48. The molecule has 29 heavy (non-hydrogen) atoms. The number of benzene rings is 1. The van der Waals surface area contributed by atoms with Gasteiger partial charge in [0.2, 0.25) is 4.77 Å². The highest BCUT2D eigenvalue weighted by Gasteiger charge is 2.37. The lowest BCUT2D eigenvalue weighted by Gasteiger charge is -2.25. The minimum atomic E-state index is 0.102. The second kappa shape index (κ2) is 8.88. The second-order valence-corrected chi connectivity index (χ2v) is 8.52. The number of hydrogen-bond acceptors (Lipinski definition) is 9. The first kappa shape index (κ1) is 20.4. The molecule has 0 radical (unpaired) electrons. The van der Waals surface area contributed by atoms with Crippen molar-refractivity contribution in [3.8, 4) is 17.2 Å². The molecule has 0 aliphatic carbocycles. The van der Waals surface area contributed by atoms with Gasteiger partial charge in [0.05, 0.1) is 29.5 Å². The van der Waals surface area contributed by atoms with E-state index in [-0.39, 0.29) is 16.7 Å². The van der Waals surface area contributed by atoms with Gasteiger partial charge in [-0.05, 0) is 24.4 Å². The molecule has 1 saturated heterocycles. The van der Waals surface area contributed by atoms with Gasteiger partial charge in [0.15, 0.2) is 17.3 Å². The number of rotatable bonds is 7. The predicted molar refractivity (Wildman–Crippen MR) is 115 cm³/mol. The van der Waals surface area contributed by atoms with E-state index in [4.69, 9.17) is 36.9 Å². The molecule has 1 aromatic heterocycles. The number of thioether (sulfide) groups is 1. The zero-order valence-electron chi connectivity index (χ0n) is 16.3. The molecule has 4 rings (SSSR count). The number of nitrogens with two attached hydrogens (primary N) is 1. The van der Waals surface area contributed by atoms with Gasteiger partial charge in [0.25, 0.3) is 0 Å². The van der Waals surface area contributed by atoms with Gasteiger partial charge in [-0.15, -0.1) is 11.8 Å². The molecule has 0 saturated carbocycles. The maximum Gasteiger partial charge on any atom is 0.202 e. The highest BCUT2D eigenvalue weighted by Crippen LogP contribution is 2.48. The minimum Gasteiger partial charge on any atom is -0.490 e. The summed E-state index contributed by atoms with van der Waals surface area (Å²) in [5.41, 5.74) is 6.27. The molecule has 1 aromatic carbocycles. The van der Waals surface area contributed by atoms with Crippen LogP contribution in [-0.4, -0.2) is 54.9 Å². The van der Waals surface area contributed by atoms with Gasteiger partial charge in [-0.3, -0.25) is 0 Å². The number of nitrogens with one attached hydrogen (secondary N) is 1. The molecule has 2 aliphatic rings. The fourth-order valence-electron chi connectivity index (χ4n) is 3.50. The molecule has 1 unspecified atom stereocenters. The van der Waals surface area contributed by atoms with Crippen LogP contribution < -0.4 is 20.5 Å². The summed E-state index contributed by atoms with van der Waals surface area (Å²) in [5, 5.41) is 3.64. The summed E-state index contributed by atoms with van der Waals surface area (Å²) in [4.78, 5) is 4.58. The van der Waals surface area contributed by atoms with Gasteiger partial charge in [0.1, 0.15) is 18.0 Å². The summed E-state index contributed by atoms with van der Waals surface area (Å²) in [5.74, 6) is 2.53. The van der Waals surface area contributed by atoms with Crippen LogP contribution in [-0.2, 0) is 9.47 Å². The van der Waals surface area contributed by atoms with E-state index in [1.54, 1.807) is 26.0 Å². The van der Waals surface area contributed by atoms with Crippen LogP contribution in [0.15, 0.2) is 24.4 Å². The highest BCUT2D eigenvalue weighted by atomic mass is 32.2. The number of para-hydroxylation sites is 1. The fourth-order valence-corrected chi connectivity index (χ4v) is 5.45. The summed E-state index contributed by atoms with van der Waals surface area (Å²) in [6, 6.07) is 5.63. The van der Waals surface area contributed by atoms with E-state index >= 15 is 0 Å². The van der Waals surface area contributed by atoms with E-state index in [0.29, 0.717) is 47.6 Å². The zero-order chi connectivity index (χ0) is 20.4. The number of anilines is 2. The molecular formula is C19H24N4O4S2. The number of aromatic nitrogens is 2. The summed E-state index contributed by atoms with van der Waals surface area (Å²) in [6.07, 6.45) is 2.84. The van der Waals surface area contributed by atoms with Gasteiger partial charge in [-0.1, -0.05) is 6.07 Å². The van der Waals surface area contributed by atoms with Gasteiger partial charge in [0, 0.05) is 27.2 Å². The van der Waals surface area contributed by atoms with Crippen LogP contribution in [0, 0.1) is 4.77 Å². The summed E-state index contributed by atoms with van der Waals surface area (Å²) < 4.78 is 25.2. The molecule has 2 aliphatic heterocycles. The van der Waals surface area contributed by atoms with Crippen molar-refractivity contribution >= 4 is 35.5 Å². The monoisotopic (exact) mass is 436 g/mol. The van der Waals surface area contributed by atoms with Crippen molar-refractivity contribution in [2.75, 3.05) is 39.3 Å². The normalized spacial score (nSPS) is 22.4. The molecule has 156 valence electrons. The largest absolute Gasteiger partial charge is 0.490 e. The Morgan fingerprint density at radius 1 is 1.38 bits per heavy atom. The SMILES string of the molecule is COC[C@H]1S[C@@H](n2cc3c(nc2=S)Nc2c(OCCN)cccc2O3)CC1OC. The van der Waals surface area contributed by atoms with E-state index in [9.17, 15) is 0 Å². The van der Waals surface area contributed by atoms with Crippen LogP contribution in [0.4, 0.5) is 11.5 Å². The lowest BCUT2D eigenvalue weighted by molar-refractivity contribution is 0.0714. The van der Waals surface area contributed by atoms with Crippen molar-refractivity contribution < 1.29 is 18.9 Å². The Hall–Kier alpha value is -1.85. The maximum absolute atomic E-state index is 6.11. The minimum absolute atomic E-state index is 0.102. The number of ether oxygens (including phenoxy) is 4. The van der Waals surface area contributed by atoms with Crippen LogP contribution in [0.5, 0.6) is 17.2 Å². The Morgan fingerprint density at radius 3 is 3.00 bits per heavy atom. The Labute approximate surface area is 178 Å². The highest BCUT2D eigenvalue weighted by molar-refractivity contribution is 8.00. The zero-order valence-corrected chi connectivity index (χ0v) is 17.9. The van der Waals surface area contributed by atoms with Crippen LogP contribution in [0.25, 0.3) is 0 Å². The van der Waals surface area contributed by atoms with Crippen LogP contribution in [0.1, 0.15) is 11.8 Å². The summed E-state index contributed by atoms with van der Waals surface area (Å²) >= 11 is 7.36. The first-order chi connectivity index (χ1) is 14.1. The number of hydrogen-bond donors (Lipinski definition) is 2. The smallest absolute Gasteiger partial charge is 0.202 e. The van der Waals surface area contributed by atoms with E-state index < -0.39 is 0 Å². The Kier molecular flexibility index (Phi) is 6.26. The average molecular weight is 437 g/mol. The third kappa shape index (κ3) is 4.08. The van der Waals surface area contributed by atoms with Gasteiger partial charge in [-0.2, -0.15) is 4.98 Å². The summed E-state index contributed by atoms with van der Waals surface area (Å²) in [7, 11) is 3.43. The van der Waals surface area contributed by atoms with E-state index in [2.05, 4.69) is 10.3 Å². The van der Waals surface area contributed by atoms with E-state index in [1.165, 1.54) is 0 Å². The lowest BCUT2D eigenvalue weighted by Crippen LogP contribution is -2.24. The van der Waals surface area contributed by atoms with Crippen molar-refractivity contribution in [3.05, 3.63) is 29.2 Å². The maximum atomic E-state index is 6.11. The van der Waals surface area contributed by atoms with E-state index in [1.807, 2.05) is 29.0 Å². The molecular weight excluding hydrogens is 412 g/mol. The first-order valence-corrected chi connectivity index (χ1v) is 10.7. The third-order valence-corrected chi connectivity index (χ3v) is 6.69. The molecule has 3 N–H and O–H groups in total. The van der Waals surface area contributed by atoms with Gasteiger partial charge >= 0.3 is 0 Å². The molecule has 8 nitrogen and oxygen atoms in total. The van der Waals surface area contributed by atoms with Gasteiger partial charge < -0.3 is 34.6 Å². The number of nitrogens with zero attached hydrogens (tertiary/aromatic N) is 2. The molecule has 3 atom stereocenters. The van der Waals surface area contributed by atoms with Crippen molar-refractivity contribution in [2.24, 2.45) is 5.73 Å². The van der Waals surface area contributed by atoms with E-state index in [0.717, 1.165) is 12.1 Å². The number of methoxy groups -OCH3 is 2. The van der Waals surface area contributed by atoms with Crippen molar-refractivity contribution in [1.29, 1.82) is 0 Å². The van der Waals surface area contributed by atoms with Crippen LogP contribution in [0.3, 0.4) is 0 Å². The topological polar surface area (TPSA) is 92.8 Å². The molecule has 3 heterocycles. The van der Waals surface area contributed by atoms with Crippen LogP contribution >= 0.6 is 24.0 Å². The predicted octanol–water partition coefficient (Wildman–Crippen LogP) is 3.46. The van der Waals surface area contributed by atoms with Crippen molar-refractivity contribution in [1.82, 2.24) is 9.55 Å². The fraction of sp³-hybridized carbons (Fsp3) is 0.474. The Morgan fingerprint density at radius 2 is 2.24 bits per heavy atom. The second-order valence-electron chi connectivity index (χ2n) is 6.73. The van der Waals surface area contributed by atoms with Crippen molar-refractivity contribution in [2.45, 2.75) is 23.1 Å². The molecule has 0 amide bonds. The third-order valence-electron chi connectivity index (χ3n) is 4.87. The molecule has 0 bridgehead atoms. The Bertz CT molecular complexity index is 939. The van der Waals surface area contributed by atoms with Crippen LogP contribution in [0.2, 0.25) is 0 Å². The molecule has 0 spiro atoms. The standard InChI is InChI=1S/C19H24N4O4S2/c1-24-10-15-13(25-2)8-16(29-15)23-9-14-18(22-19(23)28)21-17-11(26-7-6-20)4-3-5-12(17)27-14/h3-5,9,13,15-16H,6-8,10,20H2,1-2H3,(H,21,22,28)/t13?,15-,16-/m1/s1. The first-order valence-electron chi connectivity index (χ1n) is 9.35. The van der Waals surface area contributed by atoms with Gasteiger partial charge in [-0.25, -0.2) is 0 Å². The quantitative estimate of drug-likeness (QED) is 0.540. The average Bonchev–Trinajstić information content (AvgIpc) is 3.13. The Balaban J connectivity index is 1.61.